The molecule has 0 bridgehead atoms. The number of nitrogen functional groups attached to an aromatic ring is 1. The minimum Gasteiger partial charge on any atom is -0.507 e. The Morgan fingerprint density at radius 3 is 3.00 bits per heavy atom. The van der Waals surface area contributed by atoms with E-state index in [2.05, 4.69) is 15.5 Å². The minimum atomic E-state index is -0.359. The van der Waals surface area contributed by atoms with Gasteiger partial charge in [0.05, 0.1) is 11.9 Å². The lowest BCUT2D eigenvalue weighted by Gasteiger charge is -1.99. The molecule has 0 aliphatic heterocycles. The number of nitrogens with zero attached hydrogens (tertiary/aromatic N) is 2. The molecule has 0 aliphatic carbocycles. The summed E-state index contributed by atoms with van der Waals surface area (Å²) in [4.78, 5) is 16.5. The van der Waals surface area contributed by atoms with Crippen LogP contribution in [0.15, 0.2) is 29.4 Å². The van der Waals surface area contributed by atoms with E-state index < -0.39 is 0 Å². The smallest absolute Gasteiger partial charge is 0.283 e. The highest BCUT2D eigenvalue weighted by Gasteiger charge is 2.15. The zero-order valence-corrected chi connectivity index (χ0v) is 11.6. The van der Waals surface area contributed by atoms with Crippen LogP contribution in [0.1, 0.15) is 27.9 Å². The number of hydrogen-bond donors (Lipinski definition) is 3. The van der Waals surface area contributed by atoms with E-state index in [1.807, 2.05) is 6.92 Å². The lowest BCUT2D eigenvalue weighted by atomic mass is 10.2. The maximum absolute atomic E-state index is 11.9. The van der Waals surface area contributed by atoms with Gasteiger partial charge in [-0.2, -0.15) is 5.10 Å². The summed E-state index contributed by atoms with van der Waals surface area (Å²) in [6, 6.07) is 6.70. The van der Waals surface area contributed by atoms with Gasteiger partial charge in [-0.05, 0) is 18.6 Å². The third-order valence-corrected chi connectivity index (χ3v) is 3.49. The van der Waals surface area contributed by atoms with Crippen LogP contribution in [0.5, 0.6) is 5.75 Å². The third-order valence-electron chi connectivity index (χ3n) is 2.56. The van der Waals surface area contributed by atoms with Gasteiger partial charge >= 0.3 is 0 Å². The Morgan fingerprint density at radius 1 is 1.55 bits per heavy atom. The fourth-order valence-corrected chi connectivity index (χ4v) is 2.41. The molecule has 1 amide bonds. The van der Waals surface area contributed by atoms with Gasteiger partial charge in [-0.3, -0.25) is 4.79 Å². The number of phenolic OH excluding ortho intramolecular Hbond substituents is 1. The highest BCUT2D eigenvalue weighted by molar-refractivity contribution is 7.17. The Labute approximate surface area is 120 Å². The number of aromatic hydroxyl groups is 1. The Morgan fingerprint density at radius 2 is 2.30 bits per heavy atom. The van der Waals surface area contributed by atoms with Crippen LogP contribution in [0.25, 0.3) is 0 Å². The van der Waals surface area contributed by atoms with Crippen molar-refractivity contribution in [3.8, 4) is 5.75 Å². The number of nitrogens with two attached hydrogens (primary N) is 1. The molecule has 1 heterocycles. The van der Waals surface area contributed by atoms with Crippen LogP contribution in [0.4, 0.5) is 5.13 Å². The Balaban J connectivity index is 2.07. The molecular weight excluding hydrogens is 276 g/mol. The highest BCUT2D eigenvalue weighted by Crippen LogP contribution is 2.20. The number of nitrogens with one attached hydrogen (secondary N) is 1. The van der Waals surface area contributed by atoms with Crippen LogP contribution in [0.2, 0.25) is 0 Å². The van der Waals surface area contributed by atoms with Crippen molar-refractivity contribution in [2.45, 2.75) is 13.3 Å². The van der Waals surface area contributed by atoms with Gasteiger partial charge in [0.25, 0.3) is 5.91 Å². The van der Waals surface area contributed by atoms with Crippen LogP contribution in [-0.4, -0.2) is 22.2 Å². The number of hydrogen-bond acceptors (Lipinski definition) is 6. The SMILES string of the molecule is CCc1nc(N)sc1C(=O)N/N=C\c1ccccc1O. The van der Waals surface area contributed by atoms with Crippen molar-refractivity contribution in [3.05, 3.63) is 40.4 Å². The van der Waals surface area contributed by atoms with Crippen LogP contribution >= 0.6 is 11.3 Å². The van der Waals surface area contributed by atoms with Crippen LogP contribution in [0.3, 0.4) is 0 Å². The lowest BCUT2D eigenvalue weighted by Crippen LogP contribution is -2.17. The molecule has 2 rings (SSSR count). The van der Waals surface area contributed by atoms with Gasteiger partial charge in [0, 0.05) is 5.56 Å². The zero-order valence-electron chi connectivity index (χ0n) is 10.8. The van der Waals surface area contributed by atoms with E-state index in [1.165, 1.54) is 6.21 Å². The number of rotatable bonds is 4. The first-order valence-electron chi connectivity index (χ1n) is 5.98. The summed E-state index contributed by atoms with van der Waals surface area (Å²) >= 11 is 1.13. The van der Waals surface area contributed by atoms with Crippen molar-refractivity contribution in [2.75, 3.05) is 5.73 Å². The number of para-hydroxylation sites is 1. The normalized spacial score (nSPS) is 10.8. The molecule has 4 N–H and O–H groups in total. The summed E-state index contributed by atoms with van der Waals surface area (Å²) in [5, 5.41) is 13.7. The molecule has 0 aliphatic rings. The molecule has 0 radical (unpaired) electrons. The van der Waals surface area contributed by atoms with Gasteiger partial charge in [0.1, 0.15) is 10.6 Å². The summed E-state index contributed by atoms with van der Waals surface area (Å²) in [6.07, 6.45) is 2.00. The maximum Gasteiger partial charge on any atom is 0.283 e. The molecule has 0 atom stereocenters. The van der Waals surface area contributed by atoms with Crippen molar-refractivity contribution in [2.24, 2.45) is 5.10 Å². The highest BCUT2D eigenvalue weighted by atomic mass is 32.1. The maximum atomic E-state index is 11.9. The van der Waals surface area contributed by atoms with E-state index in [1.54, 1.807) is 24.3 Å². The number of anilines is 1. The molecule has 1 aromatic carbocycles. The summed E-state index contributed by atoms with van der Waals surface area (Å²) < 4.78 is 0. The summed E-state index contributed by atoms with van der Waals surface area (Å²) in [7, 11) is 0. The average molecular weight is 290 g/mol. The van der Waals surface area contributed by atoms with Crippen molar-refractivity contribution < 1.29 is 9.90 Å². The Hall–Kier alpha value is -2.41. The standard InChI is InChI=1S/C13H14N4O2S/c1-2-9-11(20-13(14)16-9)12(19)17-15-7-8-5-3-4-6-10(8)18/h3-7,18H,2H2,1H3,(H2,14,16)(H,17,19)/b15-7-. The van der Waals surface area contributed by atoms with E-state index >= 15 is 0 Å². The summed E-state index contributed by atoms with van der Waals surface area (Å²) in [5.74, 6) is -0.260. The van der Waals surface area contributed by atoms with Crippen LogP contribution < -0.4 is 11.2 Å². The van der Waals surface area contributed by atoms with E-state index in [-0.39, 0.29) is 11.7 Å². The predicted octanol–water partition coefficient (Wildman–Crippen LogP) is 1.76. The second-order valence-corrected chi connectivity index (χ2v) is 4.97. The number of benzene rings is 1. The van der Waals surface area contributed by atoms with Crippen molar-refractivity contribution >= 4 is 28.6 Å². The number of amides is 1. The largest absolute Gasteiger partial charge is 0.507 e. The third kappa shape index (κ3) is 3.12. The first-order valence-corrected chi connectivity index (χ1v) is 6.80. The molecule has 104 valence electrons. The molecule has 0 spiro atoms. The topological polar surface area (TPSA) is 101 Å². The van der Waals surface area contributed by atoms with E-state index in [4.69, 9.17) is 5.73 Å². The second-order valence-electron chi connectivity index (χ2n) is 3.94. The molecule has 1 aromatic heterocycles. The molecule has 0 unspecified atom stereocenters. The fourth-order valence-electron chi connectivity index (χ4n) is 1.60. The van der Waals surface area contributed by atoms with Gasteiger partial charge in [0.2, 0.25) is 0 Å². The molecule has 20 heavy (non-hydrogen) atoms. The van der Waals surface area contributed by atoms with Gasteiger partial charge in [-0.15, -0.1) is 0 Å². The molecule has 0 saturated carbocycles. The van der Waals surface area contributed by atoms with Crippen LogP contribution in [-0.2, 0) is 6.42 Å². The second kappa shape index (κ2) is 6.16. The molecule has 0 saturated heterocycles. The summed E-state index contributed by atoms with van der Waals surface area (Å²) in [6.45, 7) is 1.90. The van der Waals surface area contributed by atoms with Gasteiger partial charge < -0.3 is 10.8 Å². The Kier molecular flexibility index (Phi) is 4.31. The number of thiazole rings is 1. The molecule has 0 fully saturated rings. The average Bonchev–Trinajstić information content (AvgIpc) is 2.82. The van der Waals surface area contributed by atoms with E-state index in [0.29, 0.717) is 27.7 Å². The molecule has 7 heteroatoms. The quantitative estimate of drug-likeness (QED) is 0.590. The first-order chi connectivity index (χ1) is 9.61. The van der Waals surface area contributed by atoms with Gasteiger partial charge in [0.15, 0.2) is 5.13 Å². The van der Waals surface area contributed by atoms with Crippen molar-refractivity contribution in [1.82, 2.24) is 10.4 Å². The number of carbonyl (C=O) groups excluding carboxylic acids is 1. The van der Waals surface area contributed by atoms with Crippen molar-refractivity contribution in [1.29, 1.82) is 0 Å². The predicted molar refractivity (Wildman–Crippen MR) is 79.1 cm³/mol. The fraction of sp³-hybridized carbons (Fsp3) is 0.154. The number of hydrazone groups is 1. The number of aromatic nitrogens is 1. The van der Waals surface area contributed by atoms with Crippen molar-refractivity contribution in [3.63, 3.8) is 0 Å². The Bertz CT molecular complexity index is 652. The van der Waals surface area contributed by atoms with E-state index in [9.17, 15) is 9.90 Å². The van der Waals surface area contributed by atoms with Gasteiger partial charge in [-0.25, -0.2) is 10.4 Å². The lowest BCUT2D eigenvalue weighted by molar-refractivity contribution is 0.0958. The summed E-state index contributed by atoms with van der Waals surface area (Å²) in [5.41, 5.74) is 9.16. The van der Waals surface area contributed by atoms with Crippen LogP contribution in [0, 0.1) is 0 Å². The molecular formula is C13H14N4O2S. The minimum absolute atomic E-state index is 0.0989. The van der Waals surface area contributed by atoms with Gasteiger partial charge in [-0.1, -0.05) is 30.4 Å². The monoisotopic (exact) mass is 290 g/mol. The molecule has 6 nitrogen and oxygen atoms in total. The number of carbonyl (C=O) groups is 1. The number of phenols is 1. The zero-order chi connectivity index (χ0) is 14.5. The number of aryl methyl sites for hydroxylation is 1. The van der Waals surface area contributed by atoms with E-state index in [0.717, 1.165) is 11.3 Å². The first kappa shape index (κ1) is 14.0. The molecule has 2 aromatic rings.